The van der Waals surface area contributed by atoms with Crippen LogP contribution in [0.15, 0.2) is 35.5 Å². The zero-order chi connectivity index (χ0) is 22.8. The summed E-state index contributed by atoms with van der Waals surface area (Å²) in [5.41, 5.74) is 5.41. The van der Waals surface area contributed by atoms with Crippen molar-refractivity contribution in [3.05, 3.63) is 52.8 Å². The first kappa shape index (κ1) is 22.4. The fraction of sp³-hybridized carbons (Fsp3) is 0.556. The summed E-state index contributed by atoms with van der Waals surface area (Å²) in [4.78, 5) is 12.5. The van der Waals surface area contributed by atoms with Gasteiger partial charge in [0, 0.05) is 41.9 Å². The third-order valence-electron chi connectivity index (χ3n) is 7.35. The van der Waals surface area contributed by atoms with E-state index in [1.165, 1.54) is 31.5 Å². The van der Waals surface area contributed by atoms with Gasteiger partial charge in [0.15, 0.2) is 11.5 Å². The van der Waals surface area contributed by atoms with Crippen LogP contribution in [0.25, 0.3) is 0 Å². The Hall–Kier alpha value is -2.44. The molecule has 1 aliphatic carbocycles. The highest BCUT2D eigenvalue weighted by molar-refractivity contribution is 6.14. The molecule has 6 heteroatoms. The van der Waals surface area contributed by atoms with Crippen molar-refractivity contribution in [3.63, 3.8) is 0 Å². The van der Waals surface area contributed by atoms with Gasteiger partial charge in [-0.1, -0.05) is 0 Å². The number of ether oxygens (including phenoxy) is 2. The van der Waals surface area contributed by atoms with E-state index in [0.717, 1.165) is 60.5 Å². The third kappa shape index (κ3) is 4.64. The maximum atomic E-state index is 10.4. The van der Waals surface area contributed by atoms with E-state index in [-0.39, 0.29) is 18.1 Å². The van der Waals surface area contributed by atoms with Crippen LogP contribution in [0.2, 0.25) is 0 Å². The molecule has 33 heavy (non-hydrogen) atoms. The van der Waals surface area contributed by atoms with Crippen molar-refractivity contribution < 1.29 is 14.6 Å². The number of aromatic nitrogens is 1. The van der Waals surface area contributed by atoms with Gasteiger partial charge in [0.25, 0.3) is 0 Å². The lowest BCUT2D eigenvalue weighted by Gasteiger charge is -2.37. The van der Waals surface area contributed by atoms with Crippen molar-refractivity contribution in [1.29, 1.82) is 0 Å². The van der Waals surface area contributed by atoms with Gasteiger partial charge in [0.05, 0.1) is 31.6 Å². The van der Waals surface area contributed by atoms with Crippen molar-refractivity contribution in [1.82, 2.24) is 9.88 Å². The van der Waals surface area contributed by atoms with Gasteiger partial charge < -0.3 is 19.5 Å². The van der Waals surface area contributed by atoms with E-state index < -0.39 is 0 Å². The van der Waals surface area contributed by atoms with E-state index >= 15 is 0 Å². The Labute approximate surface area is 196 Å². The van der Waals surface area contributed by atoms with Crippen LogP contribution >= 0.6 is 0 Å². The number of benzene rings is 1. The van der Waals surface area contributed by atoms with Crippen LogP contribution in [0.3, 0.4) is 0 Å². The van der Waals surface area contributed by atoms with E-state index in [1.54, 1.807) is 7.11 Å². The summed E-state index contributed by atoms with van der Waals surface area (Å²) in [5, 5.41) is 10.4. The van der Waals surface area contributed by atoms with Crippen LogP contribution < -0.4 is 9.47 Å². The fourth-order valence-corrected chi connectivity index (χ4v) is 5.59. The molecule has 1 saturated heterocycles. The molecule has 176 valence electrons. The molecule has 6 nitrogen and oxygen atoms in total. The maximum absolute atomic E-state index is 10.4. The van der Waals surface area contributed by atoms with Gasteiger partial charge in [0.1, 0.15) is 0 Å². The van der Waals surface area contributed by atoms with Gasteiger partial charge in [-0.2, -0.15) is 0 Å². The van der Waals surface area contributed by atoms with E-state index in [4.69, 9.17) is 19.5 Å². The van der Waals surface area contributed by atoms with Gasteiger partial charge in [0.2, 0.25) is 0 Å². The molecule has 5 rings (SSSR count). The van der Waals surface area contributed by atoms with Crippen LogP contribution in [0, 0.1) is 0 Å². The number of aliphatic hydroxyl groups is 1. The lowest BCUT2D eigenvalue weighted by Crippen LogP contribution is -2.34. The molecule has 1 N–H and O–H groups in total. The average molecular weight is 450 g/mol. The number of hydrogen-bond acceptors (Lipinski definition) is 6. The number of aliphatic imine (C=N–C) groups is 1. The molecule has 0 radical (unpaired) electrons. The Bertz CT molecular complexity index is 998. The van der Waals surface area contributed by atoms with E-state index in [2.05, 4.69) is 29.2 Å². The summed E-state index contributed by atoms with van der Waals surface area (Å²) in [6, 6.07) is 8.65. The quantitative estimate of drug-likeness (QED) is 0.693. The standard InChI is InChI=1S/C27H35N3O3/c1-3-33-26-15-21-22-14-20(31)8-9-24(22)29-27(23(21)16-25(26)32-2)18-6-7-19(28-17-18)10-13-30-11-4-5-12-30/h6-7,15-17,20,22,24,31H,3-5,8-14H2,1-2H3. The van der Waals surface area contributed by atoms with Gasteiger partial charge in [-0.15, -0.1) is 0 Å². The minimum atomic E-state index is -0.273. The molecule has 3 atom stereocenters. The highest BCUT2D eigenvalue weighted by atomic mass is 16.5. The highest BCUT2D eigenvalue weighted by Gasteiger charge is 2.37. The molecule has 1 aromatic carbocycles. The second-order valence-corrected chi connectivity index (χ2v) is 9.48. The van der Waals surface area contributed by atoms with Crippen LogP contribution in [-0.4, -0.2) is 66.2 Å². The van der Waals surface area contributed by atoms with Crippen molar-refractivity contribution in [3.8, 4) is 11.5 Å². The van der Waals surface area contributed by atoms with E-state index in [9.17, 15) is 5.11 Å². The fourth-order valence-electron chi connectivity index (χ4n) is 5.59. The molecule has 0 amide bonds. The number of pyridine rings is 1. The van der Waals surface area contributed by atoms with Crippen LogP contribution in [0.5, 0.6) is 11.5 Å². The smallest absolute Gasteiger partial charge is 0.161 e. The van der Waals surface area contributed by atoms with Crippen LogP contribution in [0.4, 0.5) is 0 Å². The second kappa shape index (κ2) is 9.82. The number of nitrogens with zero attached hydrogens (tertiary/aromatic N) is 3. The van der Waals surface area contributed by atoms with Crippen molar-refractivity contribution in [2.45, 2.75) is 63.5 Å². The Morgan fingerprint density at radius 1 is 1.12 bits per heavy atom. The minimum Gasteiger partial charge on any atom is -0.493 e. The van der Waals surface area contributed by atoms with Gasteiger partial charge >= 0.3 is 0 Å². The molecule has 2 aliphatic heterocycles. The van der Waals surface area contributed by atoms with E-state index in [1.807, 2.05) is 13.1 Å². The van der Waals surface area contributed by atoms with Gasteiger partial charge in [-0.05, 0) is 81.9 Å². The summed E-state index contributed by atoms with van der Waals surface area (Å²) in [7, 11) is 1.67. The molecule has 3 unspecified atom stereocenters. The number of rotatable bonds is 7. The first-order valence-corrected chi connectivity index (χ1v) is 12.4. The first-order valence-electron chi connectivity index (χ1n) is 12.4. The molecular weight excluding hydrogens is 414 g/mol. The largest absolute Gasteiger partial charge is 0.493 e. The zero-order valence-electron chi connectivity index (χ0n) is 19.8. The molecule has 3 aliphatic rings. The topological polar surface area (TPSA) is 67.2 Å². The summed E-state index contributed by atoms with van der Waals surface area (Å²) >= 11 is 0. The van der Waals surface area contributed by atoms with Gasteiger partial charge in [-0.3, -0.25) is 9.98 Å². The Balaban J connectivity index is 1.47. The van der Waals surface area contributed by atoms with Crippen molar-refractivity contribution >= 4 is 5.71 Å². The zero-order valence-corrected chi connectivity index (χ0v) is 19.8. The predicted molar refractivity (Wildman–Crippen MR) is 130 cm³/mol. The summed E-state index contributed by atoms with van der Waals surface area (Å²) in [5.74, 6) is 1.67. The summed E-state index contributed by atoms with van der Waals surface area (Å²) < 4.78 is 11.5. The maximum Gasteiger partial charge on any atom is 0.161 e. The Morgan fingerprint density at radius 2 is 1.97 bits per heavy atom. The van der Waals surface area contributed by atoms with Crippen molar-refractivity contribution in [2.24, 2.45) is 4.99 Å². The normalized spacial score (nSPS) is 24.7. The molecule has 0 spiro atoms. The number of methoxy groups -OCH3 is 1. The molecule has 3 heterocycles. The number of likely N-dealkylation sites (tertiary alicyclic amines) is 1. The molecular formula is C27H35N3O3. The molecule has 2 aromatic rings. The Kier molecular flexibility index (Phi) is 6.65. The summed E-state index contributed by atoms with van der Waals surface area (Å²) in [6.45, 7) is 6.08. The number of aliphatic hydroxyl groups excluding tert-OH is 1. The van der Waals surface area contributed by atoms with Crippen LogP contribution in [-0.2, 0) is 6.42 Å². The lowest BCUT2D eigenvalue weighted by molar-refractivity contribution is 0.111. The third-order valence-corrected chi connectivity index (χ3v) is 7.35. The summed E-state index contributed by atoms with van der Waals surface area (Å²) in [6.07, 6.45) is 7.76. The predicted octanol–water partition coefficient (Wildman–Crippen LogP) is 3.98. The molecule has 0 bridgehead atoms. The Morgan fingerprint density at radius 3 is 2.70 bits per heavy atom. The lowest BCUT2D eigenvalue weighted by atomic mass is 9.74. The van der Waals surface area contributed by atoms with Gasteiger partial charge in [-0.25, -0.2) is 0 Å². The first-order chi connectivity index (χ1) is 16.2. The molecule has 1 saturated carbocycles. The van der Waals surface area contributed by atoms with Crippen molar-refractivity contribution in [2.75, 3.05) is 33.4 Å². The highest BCUT2D eigenvalue weighted by Crippen LogP contribution is 2.44. The second-order valence-electron chi connectivity index (χ2n) is 9.48. The average Bonchev–Trinajstić information content (AvgIpc) is 3.36. The van der Waals surface area contributed by atoms with Crippen LogP contribution in [0.1, 0.15) is 67.3 Å². The number of fused-ring (bicyclic) bond motifs is 3. The molecule has 2 fully saturated rings. The minimum absolute atomic E-state index is 0.175. The SMILES string of the molecule is CCOc1cc2c(cc1OC)C(c1ccc(CCN3CCCC3)nc1)=NC1CCC(O)CC21. The monoisotopic (exact) mass is 449 g/mol. The molecule has 1 aromatic heterocycles. The number of hydrogen-bond donors (Lipinski definition) is 1. The van der Waals surface area contributed by atoms with E-state index in [0.29, 0.717) is 12.4 Å².